The van der Waals surface area contributed by atoms with E-state index in [1.165, 1.54) is 0 Å². The molecule has 0 bridgehead atoms. The van der Waals surface area contributed by atoms with Gasteiger partial charge in [-0.15, -0.1) is 0 Å². The summed E-state index contributed by atoms with van der Waals surface area (Å²) in [7, 11) is 0. The second-order valence-corrected chi connectivity index (χ2v) is 3.13. The van der Waals surface area contributed by atoms with Crippen LogP contribution in [0.25, 0.3) is 0 Å². The van der Waals surface area contributed by atoms with E-state index in [1.807, 2.05) is 6.08 Å². The van der Waals surface area contributed by atoms with E-state index < -0.39 is 0 Å². The number of ether oxygens (including phenoxy) is 1. The lowest BCUT2D eigenvalue weighted by molar-refractivity contribution is 0.280. The average Bonchev–Trinajstić information content (AvgIpc) is 2.35. The molecule has 0 radical (unpaired) electrons. The smallest absolute Gasteiger partial charge is 0.213 e. The lowest BCUT2D eigenvalue weighted by Crippen LogP contribution is -2.01. The molecule has 0 saturated heterocycles. The number of hydrogen-bond acceptors (Lipinski definition) is 3. The van der Waals surface area contributed by atoms with E-state index in [2.05, 4.69) is 18.1 Å². The van der Waals surface area contributed by atoms with Crippen molar-refractivity contribution in [3.63, 3.8) is 0 Å². The molecule has 0 aliphatic carbocycles. The van der Waals surface area contributed by atoms with Gasteiger partial charge in [-0.05, 0) is 17.2 Å². The largest absolute Gasteiger partial charge is 0.473 e. The normalized spacial score (nSPS) is 10.9. The Morgan fingerprint density at radius 1 is 1.44 bits per heavy atom. The van der Waals surface area contributed by atoms with Crippen molar-refractivity contribution in [2.75, 3.05) is 6.61 Å². The van der Waals surface area contributed by atoms with Crippen molar-refractivity contribution in [1.82, 2.24) is 4.98 Å². The first kappa shape index (κ1) is 12.2. The van der Waals surface area contributed by atoms with Crippen molar-refractivity contribution in [3.8, 4) is 5.88 Å². The van der Waals surface area contributed by atoms with Gasteiger partial charge in [0.2, 0.25) is 5.88 Å². The van der Waals surface area contributed by atoms with E-state index in [-0.39, 0.29) is 6.61 Å². The summed E-state index contributed by atoms with van der Waals surface area (Å²) in [6, 6.07) is 3.49. The SMILES string of the molecule is C=C/C=C(\C=C)COc1ccc(CO)cn1. The summed E-state index contributed by atoms with van der Waals surface area (Å²) in [5, 5.41) is 8.84. The van der Waals surface area contributed by atoms with E-state index in [4.69, 9.17) is 9.84 Å². The predicted octanol–water partition coefficient (Wildman–Crippen LogP) is 2.25. The fourth-order valence-electron chi connectivity index (χ4n) is 1.07. The molecule has 0 spiro atoms. The van der Waals surface area contributed by atoms with Crippen LogP contribution in [0.5, 0.6) is 5.88 Å². The minimum Gasteiger partial charge on any atom is -0.473 e. The van der Waals surface area contributed by atoms with Gasteiger partial charge in [0.25, 0.3) is 0 Å². The Morgan fingerprint density at radius 3 is 2.75 bits per heavy atom. The first-order valence-corrected chi connectivity index (χ1v) is 4.92. The molecular weight excluding hydrogens is 202 g/mol. The van der Waals surface area contributed by atoms with Crippen LogP contribution in [0.3, 0.4) is 0 Å². The number of rotatable bonds is 6. The number of aliphatic hydroxyl groups is 1. The molecule has 1 rings (SSSR count). The Labute approximate surface area is 95.4 Å². The van der Waals surface area contributed by atoms with Crippen LogP contribution in [0, 0.1) is 0 Å². The topological polar surface area (TPSA) is 42.4 Å². The first-order chi connectivity index (χ1) is 7.80. The second-order valence-electron chi connectivity index (χ2n) is 3.13. The number of hydrogen-bond donors (Lipinski definition) is 1. The zero-order chi connectivity index (χ0) is 11.8. The van der Waals surface area contributed by atoms with Crippen molar-refractivity contribution in [2.24, 2.45) is 0 Å². The molecule has 1 aromatic heterocycles. The van der Waals surface area contributed by atoms with E-state index in [0.717, 1.165) is 11.1 Å². The van der Waals surface area contributed by atoms with Crippen molar-refractivity contribution in [2.45, 2.75) is 6.61 Å². The van der Waals surface area contributed by atoms with Crippen LogP contribution in [0.4, 0.5) is 0 Å². The maximum Gasteiger partial charge on any atom is 0.213 e. The third-order valence-corrected chi connectivity index (χ3v) is 1.96. The van der Waals surface area contributed by atoms with Gasteiger partial charge in [0.05, 0.1) is 6.61 Å². The molecule has 0 aliphatic heterocycles. The molecule has 0 aromatic carbocycles. The lowest BCUT2D eigenvalue weighted by Gasteiger charge is -2.05. The van der Waals surface area contributed by atoms with Crippen LogP contribution in [-0.4, -0.2) is 16.7 Å². The molecule has 0 atom stereocenters. The maximum atomic E-state index is 8.84. The highest BCUT2D eigenvalue weighted by Crippen LogP contribution is 2.09. The molecule has 3 nitrogen and oxygen atoms in total. The summed E-state index contributed by atoms with van der Waals surface area (Å²) in [5.41, 5.74) is 1.70. The molecule has 84 valence electrons. The number of nitrogens with zero attached hydrogens (tertiary/aromatic N) is 1. The number of allylic oxidation sites excluding steroid dienone is 2. The Kier molecular flexibility index (Phi) is 5.02. The minimum absolute atomic E-state index is 0.0123. The first-order valence-electron chi connectivity index (χ1n) is 4.92. The van der Waals surface area contributed by atoms with E-state index >= 15 is 0 Å². The summed E-state index contributed by atoms with van der Waals surface area (Å²) < 4.78 is 5.43. The molecule has 3 heteroatoms. The zero-order valence-electron chi connectivity index (χ0n) is 9.10. The van der Waals surface area contributed by atoms with Crippen LogP contribution >= 0.6 is 0 Å². The Balaban J connectivity index is 2.56. The zero-order valence-corrected chi connectivity index (χ0v) is 9.10. The Hall–Kier alpha value is -1.87. The Morgan fingerprint density at radius 2 is 2.25 bits per heavy atom. The summed E-state index contributed by atoms with van der Waals surface area (Å²) >= 11 is 0. The standard InChI is InChI=1S/C13H15NO2/c1-3-5-11(4-2)10-16-13-7-6-12(9-15)8-14-13/h3-8,15H,1-2,9-10H2/b11-5+. The van der Waals surface area contributed by atoms with Gasteiger partial charge in [0.15, 0.2) is 0 Å². The highest BCUT2D eigenvalue weighted by atomic mass is 16.5. The van der Waals surface area contributed by atoms with Gasteiger partial charge < -0.3 is 9.84 Å². The van der Waals surface area contributed by atoms with Crippen molar-refractivity contribution >= 4 is 0 Å². The second kappa shape index (κ2) is 6.58. The molecule has 1 aromatic rings. The summed E-state index contributed by atoms with van der Waals surface area (Å²) in [6.45, 7) is 7.66. The van der Waals surface area contributed by atoms with Crippen LogP contribution in [0.1, 0.15) is 5.56 Å². The molecule has 1 N–H and O–H groups in total. The van der Waals surface area contributed by atoms with Gasteiger partial charge >= 0.3 is 0 Å². The van der Waals surface area contributed by atoms with Gasteiger partial charge in [-0.25, -0.2) is 4.98 Å². The molecule has 0 amide bonds. The molecular formula is C13H15NO2. The summed E-state index contributed by atoms with van der Waals surface area (Å²) in [5.74, 6) is 0.522. The number of aliphatic hydroxyl groups excluding tert-OH is 1. The fourth-order valence-corrected chi connectivity index (χ4v) is 1.07. The van der Waals surface area contributed by atoms with Gasteiger partial charge in [0.1, 0.15) is 6.61 Å². The van der Waals surface area contributed by atoms with Crippen molar-refractivity contribution in [1.29, 1.82) is 0 Å². The molecule has 1 heterocycles. The molecule has 0 aliphatic rings. The maximum absolute atomic E-state index is 8.84. The molecule has 16 heavy (non-hydrogen) atoms. The van der Waals surface area contributed by atoms with Crippen LogP contribution in [0.15, 0.2) is 55.3 Å². The quantitative estimate of drug-likeness (QED) is 0.743. The number of aromatic nitrogens is 1. The molecule has 0 unspecified atom stereocenters. The van der Waals surface area contributed by atoms with Crippen molar-refractivity contribution in [3.05, 3.63) is 60.9 Å². The summed E-state index contributed by atoms with van der Waals surface area (Å²) in [6.07, 6.45) is 6.81. The number of pyridine rings is 1. The van der Waals surface area contributed by atoms with E-state index in [9.17, 15) is 0 Å². The van der Waals surface area contributed by atoms with Crippen LogP contribution in [0.2, 0.25) is 0 Å². The van der Waals surface area contributed by atoms with E-state index in [1.54, 1.807) is 30.5 Å². The van der Waals surface area contributed by atoms with Gasteiger partial charge in [-0.1, -0.05) is 31.4 Å². The van der Waals surface area contributed by atoms with E-state index in [0.29, 0.717) is 12.5 Å². The monoisotopic (exact) mass is 217 g/mol. The average molecular weight is 217 g/mol. The fraction of sp³-hybridized carbons (Fsp3) is 0.154. The highest BCUT2D eigenvalue weighted by Gasteiger charge is 1.97. The van der Waals surface area contributed by atoms with Crippen LogP contribution < -0.4 is 4.74 Å². The molecule has 0 fully saturated rings. The highest BCUT2D eigenvalue weighted by molar-refractivity contribution is 5.23. The van der Waals surface area contributed by atoms with Gasteiger partial charge in [-0.2, -0.15) is 0 Å². The van der Waals surface area contributed by atoms with Gasteiger partial charge in [0, 0.05) is 12.3 Å². The van der Waals surface area contributed by atoms with Crippen LogP contribution in [-0.2, 0) is 6.61 Å². The predicted molar refractivity (Wildman–Crippen MR) is 64.1 cm³/mol. The lowest BCUT2D eigenvalue weighted by atomic mass is 10.2. The third-order valence-electron chi connectivity index (χ3n) is 1.96. The molecule has 0 saturated carbocycles. The van der Waals surface area contributed by atoms with Gasteiger partial charge in [-0.3, -0.25) is 0 Å². The minimum atomic E-state index is -0.0123. The summed E-state index contributed by atoms with van der Waals surface area (Å²) in [4.78, 5) is 4.05. The van der Waals surface area contributed by atoms with Crippen molar-refractivity contribution < 1.29 is 9.84 Å². The Bertz CT molecular complexity index is 379. The third kappa shape index (κ3) is 3.71.